The second-order valence-corrected chi connectivity index (χ2v) is 7.00. The van der Waals surface area contributed by atoms with Gasteiger partial charge in [0.1, 0.15) is 5.75 Å². The Morgan fingerprint density at radius 1 is 0.839 bits per heavy atom. The standard InChI is InChI=1S/C25H27N3O3/c1-2-3-16-31-23-15-8-7-14-22(23)26-18-24(29)27-20-12-9-13-21(17-20)28-25(30)19-10-5-4-6-11-19/h4-15,17,26H,2-3,16,18H2,1H3,(H,27,29)(H,28,30). The molecule has 0 radical (unpaired) electrons. The first-order valence-corrected chi connectivity index (χ1v) is 10.4. The lowest BCUT2D eigenvalue weighted by atomic mass is 10.2. The summed E-state index contributed by atoms with van der Waals surface area (Å²) in [6.07, 6.45) is 2.04. The van der Waals surface area contributed by atoms with Gasteiger partial charge in [-0.05, 0) is 48.9 Å². The average molecular weight is 418 g/mol. The van der Waals surface area contributed by atoms with Gasteiger partial charge in [0, 0.05) is 16.9 Å². The highest BCUT2D eigenvalue weighted by Gasteiger charge is 2.08. The summed E-state index contributed by atoms with van der Waals surface area (Å²) >= 11 is 0. The van der Waals surface area contributed by atoms with Crippen LogP contribution in [0.25, 0.3) is 0 Å². The molecule has 0 fully saturated rings. The van der Waals surface area contributed by atoms with Crippen molar-refractivity contribution in [2.24, 2.45) is 0 Å². The van der Waals surface area contributed by atoms with Crippen molar-refractivity contribution in [1.29, 1.82) is 0 Å². The Labute approximate surface area is 182 Å². The SMILES string of the molecule is CCCCOc1ccccc1NCC(=O)Nc1cccc(NC(=O)c2ccccc2)c1. The maximum Gasteiger partial charge on any atom is 0.255 e. The molecule has 0 aromatic heterocycles. The topological polar surface area (TPSA) is 79.5 Å². The Kier molecular flexibility index (Phi) is 8.05. The molecule has 2 amide bonds. The molecule has 160 valence electrons. The van der Waals surface area contributed by atoms with E-state index in [0.717, 1.165) is 24.3 Å². The Hall–Kier alpha value is -3.80. The van der Waals surface area contributed by atoms with Crippen LogP contribution in [-0.2, 0) is 4.79 Å². The third-order valence-electron chi connectivity index (χ3n) is 4.52. The normalized spacial score (nSPS) is 10.2. The molecule has 0 aliphatic carbocycles. The summed E-state index contributed by atoms with van der Waals surface area (Å²) in [5, 5.41) is 8.80. The second-order valence-electron chi connectivity index (χ2n) is 7.00. The largest absolute Gasteiger partial charge is 0.491 e. The molecule has 3 N–H and O–H groups in total. The molecular formula is C25H27N3O3. The van der Waals surface area contributed by atoms with E-state index in [9.17, 15) is 9.59 Å². The molecule has 3 rings (SSSR count). The van der Waals surface area contributed by atoms with E-state index in [0.29, 0.717) is 23.5 Å². The smallest absolute Gasteiger partial charge is 0.255 e. The first-order chi connectivity index (χ1) is 15.2. The zero-order chi connectivity index (χ0) is 21.9. The fourth-order valence-electron chi connectivity index (χ4n) is 2.91. The van der Waals surface area contributed by atoms with Gasteiger partial charge in [-0.25, -0.2) is 0 Å². The van der Waals surface area contributed by atoms with E-state index in [1.54, 1.807) is 36.4 Å². The van der Waals surface area contributed by atoms with E-state index in [-0.39, 0.29) is 18.4 Å². The van der Waals surface area contributed by atoms with Gasteiger partial charge in [0.25, 0.3) is 5.91 Å². The minimum absolute atomic E-state index is 0.0920. The van der Waals surface area contributed by atoms with Gasteiger partial charge in [0.15, 0.2) is 0 Å². The Morgan fingerprint density at radius 3 is 2.32 bits per heavy atom. The summed E-state index contributed by atoms with van der Waals surface area (Å²) in [6, 6.07) is 23.6. The van der Waals surface area contributed by atoms with Crippen molar-refractivity contribution in [2.45, 2.75) is 19.8 Å². The predicted octanol–water partition coefficient (Wildman–Crippen LogP) is 5.17. The molecule has 3 aromatic carbocycles. The van der Waals surface area contributed by atoms with Crippen LogP contribution in [0.3, 0.4) is 0 Å². The van der Waals surface area contributed by atoms with E-state index in [2.05, 4.69) is 22.9 Å². The van der Waals surface area contributed by atoms with Crippen LogP contribution in [0.1, 0.15) is 30.1 Å². The van der Waals surface area contributed by atoms with Gasteiger partial charge >= 0.3 is 0 Å². The van der Waals surface area contributed by atoms with Crippen molar-refractivity contribution in [1.82, 2.24) is 0 Å². The number of para-hydroxylation sites is 2. The van der Waals surface area contributed by atoms with Gasteiger partial charge in [-0.15, -0.1) is 0 Å². The first-order valence-electron chi connectivity index (χ1n) is 10.4. The van der Waals surface area contributed by atoms with Crippen LogP contribution in [-0.4, -0.2) is 25.0 Å². The van der Waals surface area contributed by atoms with Crippen molar-refractivity contribution in [2.75, 3.05) is 29.1 Å². The van der Waals surface area contributed by atoms with Gasteiger partial charge in [-0.3, -0.25) is 9.59 Å². The molecule has 0 heterocycles. The number of carbonyl (C=O) groups excluding carboxylic acids is 2. The van der Waals surface area contributed by atoms with Crippen molar-refractivity contribution in [3.8, 4) is 5.75 Å². The van der Waals surface area contributed by atoms with Crippen LogP contribution in [0.2, 0.25) is 0 Å². The van der Waals surface area contributed by atoms with Crippen molar-refractivity contribution < 1.29 is 14.3 Å². The molecule has 6 nitrogen and oxygen atoms in total. The van der Waals surface area contributed by atoms with Crippen LogP contribution in [0, 0.1) is 0 Å². The summed E-state index contributed by atoms with van der Waals surface area (Å²) in [5.41, 5.74) is 2.55. The number of anilines is 3. The lowest BCUT2D eigenvalue weighted by molar-refractivity contribution is -0.114. The molecule has 31 heavy (non-hydrogen) atoms. The number of unbranched alkanes of at least 4 members (excludes halogenated alkanes) is 1. The molecular weight excluding hydrogens is 390 g/mol. The molecule has 0 saturated heterocycles. The molecule has 0 aliphatic rings. The van der Waals surface area contributed by atoms with Gasteiger partial charge < -0.3 is 20.7 Å². The number of nitrogens with one attached hydrogen (secondary N) is 3. The maximum absolute atomic E-state index is 12.4. The summed E-state index contributed by atoms with van der Waals surface area (Å²) in [7, 11) is 0. The highest BCUT2D eigenvalue weighted by molar-refractivity contribution is 6.04. The zero-order valence-corrected chi connectivity index (χ0v) is 17.6. The van der Waals surface area contributed by atoms with Crippen LogP contribution in [0.15, 0.2) is 78.9 Å². The number of benzene rings is 3. The lowest BCUT2D eigenvalue weighted by Gasteiger charge is -2.13. The summed E-state index contributed by atoms with van der Waals surface area (Å²) < 4.78 is 5.78. The van der Waals surface area contributed by atoms with Crippen LogP contribution < -0.4 is 20.7 Å². The second kappa shape index (κ2) is 11.4. The van der Waals surface area contributed by atoms with E-state index in [4.69, 9.17) is 4.74 Å². The van der Waals surface area contributed by atoms with E-state index in [1.165, 1.54) is 0 Å². The number of amides is 2. The van der Waals surface area contributed by atoms with Crippen LogP contribution >= 0.6 is 0 Å². The molecule has 0 aliphatic heterocycles. The highest BCUT2D eigenvalue weighted by atomic mass is 16.5. The molecule has 3 aromatic rings. The monoisotopic (exact) mass is 417 g/mol. The maximum atomic E-state index is 12.4. The summed E-state index contributed by atoms with van der Waals surface area (Å²) in [4.78, 5) is 24.7. The first kappa shape index (κ1) is 21.9. The lowest BCUT2D eigenvalue weighted by Crippen LogP contribution is -2.22. The number of hydrogen-bond acceptors (Lipinski definition) is 4. The molecule has 0 atom stereocenters. The fourth-order valence-corrected chi connectivity index (χ4v) is 2.91. The summed E-state index contributed by atoms with van der Waals surface area (Å²) in [6.45, 7) is 2.84. The minimum Gasteiger partial charge on any atom is -0.491 e. The van der Waals surface area contributed by atoms with Gasteiger partial charge in [-0.2, -0.15) is 0 Å². The third-order valence-corrected chi connectivity index (χ3v) is 4.52. The summed E-state index contributed by atoms with van der Waals surface area (Å²) in [5.74, 6) is 0.328. The molecule has 0 bridgehead atoms. The van der Waals surface area contributed by atoms with Crippen molar-refractivity contribution >= 4 is 28.9 Å². The zero-order valence-electron chi connectivity index (χ0n) is 17.6. The van der Waals surface area contributed by atoms with Crippen molar-refractivity contribution in [3.63, 3.8) is 0 Å². The molecule has 0 unspecified atom stereocenters. The Morgan fingerprint density at radius 2 is 1.55 bits per heavy atom. The molecule has 0 saturated carbocycles. The van der Waals surface area contributed by atoms with Gasteiger partial charge in [-0.1, -0.05) is 49.7 Å². The van der Waals surface area contributed by atoms with E-state index >= 15 is 0 Å². The third kappa shape index (κ3) is 6.89. The fraction of sp³-hybridized carbons (Fsp3) is 0.200. The highest BCUT2D eigenvalue weighted by Crippen LogP contribution is 2.24. The quantitative estimate of drug-likeness (QED) is 0.398. The minimum atomic E-state index is -0.203. The van der Waals surface area contributed by atoms with Crippen molar-refractivity contribution in [3.05, 3.63) is 84.4 Å². The number of ether oxygens (including phenoxy) is 1. The average Bonchev–Trinajstić information content (AvgIpc) is 2.79. The van der Waals surface area contributed by atoms with Crippen LogP contribution in [0.5, 0.6) is 5.75 Å². The number of carbonyl (C=O) groups is 2. The van der Waals surface area contributed by atoms with Gasteiger partial charge in [0.2, 0.25) is 5.91 Å². The predicted molar refractivity (Wildman–Crippen MR) is 125 cm³/mol. The number of rotatable bonds is 10. The Balaban J connectivity index is 1.54. The molecule has 6 heteroatoms. The van der Waals surface area contributed by atoms with E-state index in [1.807, 2.05) is 42.5 Å². The van der Waals surface area contributed by atoms with Gasteiger partial charge in [0.05, 0.1) is 18.8 Å². The molecule has 0 spiro atoms. The Bertz CT molecular complexity index is 1010. The van der Waals surface area contributed by atoms with Crippen LogP contribution in [0.4, 0.5) is 17.1 Å². The van der Waals surface area contributed by atoms with E-state index < -0.39 is 0 Å². The number of hydrogen-bond donors (Lipinski definition) is 3.